The number of ether oxygens (including phenoxy) is 2. The number of aliphatic hydroxyl groups is 3. The lowest BCUT2D eigenvalue weighted by Gasteiger charge is -2.42. The van der Waals surface area contributed by atoms with Crippen molar-refractivity contribution >= 4 is 64.2 Å². The third-order valence-electron chi connectivity index (χ3n) is 9.52. The molecule has 60 heavy (non-hydrogen) atoms. The van der Waals surface area contributed by atoms with E-state index in [4.69, 9.17) is 9.47 Å². The summed E-state index contributed by atoms with van der Waals surface area (Å²) in [7, 11) is 1.31. The van der Waals surface area contributed by atoms with Crippen LogP contribution >= 0.6 is 0 Å². The molecule has 1 aromatic carbocycles. The number of carbonyl (C=O) groups excluding carboxylic acids is 7. The van der Waals surface area contributed by atoms with Gasteiger partial charge in [-0.25, -0.2) is 19.7 Å². The van der Waals surface area contributed by atoms with E-state index in [-0.39, 0.29) is 31.3 Å². The normalized spacial score (nSPS) is 21.0. The van der Waals surface area contributed by atoms with Gasteiger partial charge in [0.05, 0.1) is 19.0 Å². The number of aromatic nitrogens is 4. The maximum atomic E-state index is 13.0. The molecule has 3 aromatic rings. The first-order valence-corrected chi connectivity index (χ1v) is 18.8. The molecule has 23 heteroatoms. The number of aromatic amines is 1. The molecule has 2 aliphatic heterocycles. The Kier molecular flexibility index (Phi) is 14.8. The van der Waals surface area contributed by atoms with Crippen LogP contribution in [-0.4, -0.2) is 156 Å². The minimum Gasteiger partial charge on any atom is -0.445 e. The van der Waals surface area contributed by atoms with Crippen molar-refractivity contribution in [2.45, 2.75) is 76.5 Å². The molecule has 4 heterocycles. The Morgan fingerprint density at radius 1 is 0.950 bits per heavy atom. The minimum atomic E-state index is -1.60. The van der Waals surface area contributed by atoms with E-state index < -0.39 is 97.4 Å². The van der Waals surface area contributed by atoms with Crippen molar-refractivity contribution in [2.75, 3.05) is 37.4 Å². The zero-order valence-corrected chi connectivity index (χ0v) is 33.0. The second-order valence-electron chi connectivity index (χ2n) is 14.3. The van der Waals surface area contributed by atoms with Gasteiger partial charge < -0.3 is 61.3 Å². The number of imide groups is 1. The first kappa shape index (κ1) is 44.5. The van der Waals surface area contributed by atoms with E-state index in [1.54, 1.807) is 38.1 Å². The number of aliphatic hydroxyl groups excluding tert-OH is 3. The number of rotatable bonds is 17. The molecule has 1 saturated heterocycles. The van der Waals surface area contributed by atoms with Crippen molar-refractivity contribution in [3.63, 3.8) is 0 Å². The van der Waals surface area contributed by atoms with E-state index >= 15 is 0 Å². The van der Waals surface area contributed by atoms with Crippen LogP contribution in [0.5, 0.6) is 0 Å². The van der Waals surface area contributed by atoms with Gasteiger partial charge in [0, 0.05) is 37.9 Å². The predicted octanol–water partition coefficient (Wildman–Crippen LogP) is -2.14. The van der Waals surface area contributed by atoms with Crippen molar-refractivity contribution in [1.82, 2.24) is 45.7 Å². The monoisotopic (exact) mass is 837 g/mol. The molecule has 0 bridgehead atoms. The second-order valence-corrected chi connectivity index (χ2v) is 14.3. The fourth-order valence-electron chi connectivity index (χ4n) is 6.14. The number of H-pyrrole nitrogens is 1. The summed E-state index contributed by atoms with van der Waals surface area (Å²) in [6, 6.07) is 2.99. The van der Waals surface area contributed by atoms with E-state index in [0.29, 0.717) is 22.4 Å². The summed E-state index contributed by atoms with van der Waals surface area (Å²) >= 11 is 0. The van der Waals surface area contributed by atoms with Crippen LogP contribution in [0, 0.1) is 5.92 Å². The zero-order chi connectivity index (χ0) is 43.7. The minimum absolute atomic E-state index is 0.146. The average Bonchev–Trinajstić information content (AvgIpc) is 3.83. The molecule has 0 unspecified atom stereocenters. The summed E-state index contributed by atoms with van der Waals surface area (Å²) in [5, 5.41) is 44.8. The summed E-state index contributed by atoms with van der Waals surface area (Å²) in [5.74, 6) is -3.65. The number of amides is 7. The molecule has 0 radical (unpaired) electrons. The number of carbonyl (C=O) groups is 7. The first-order valence-electron chi connectivity index (χ1n) is 18.8. The van der Waals surface area contributed by atoms with Gasteiger partial charge in [-0.1, -0.05) is 26.0 Å². The third kappa shape index (κ3) is 11.1. The van der Waals surface area contributed by atoms with E-state index in [1.165, 1.54) is 26.6 Å². The SMILES string of the molecule is CC(C)[C@H](NC(=O)CCN1C(=O)C=CC1=O)C(=O)N[C@@H](C)C(=O)Nc1ccc(COC(=O)N(C)CC(=O)N[C@@H]2[C@@H](O)[C@H](O)[C@H](Nc3ncnc4nc[nH]c34)O[C@H]2CO)cc1. The number of hydrogen-bond acceptors (Lipinski definition) is 16. The van der Waals surface area contributed by atoms with Crippen LogP contribution in [0.25, 0.3) is 11.2 Å². The summed E-state index contributed by atoms with van der Waals surface area (Å²) in [5.41, 5.74) is 1.66. The van der Waals surface area contributed by atoms with Gasteiger partial charge in [0.1, 0.15) is 55.4 Å². The van der Waals surface area contributed by atoms with Crippen LogP contribution in [0.2, 0.25) is 0 Å². The summed E-state index contributed by atoms with van der Waals surface area (Å²) in [6.45, 7) is 3.38. The Hall–Kier alpha value is -6.56. The molecule has 322 valence electrons. The number of imidazole rings is 1. The quantitative estimate of drug-likeness (QED) is 0.0655. The Labute approximate surface area is 342 Å². The lowest BCUT2D eigenvalue weighted by Crippen LogP contribution is -2.66. The van der Waals surface area contributed by atoms with E-state index in [9.17, 15) is 48.9 Å². The van der Waals surface area contributed by atoms with Gasteiger partial charge in [0.25, 0.3) is 11.8 Å². The molecule has 7 amide bonds. The predicted molar refractivity (Wildman–Crippen MR) is 208 cm³/mol. The number of nitrogens with one attached hydrogen (secondary N) is 6. The third-order valence-corrected chi connectivity index (χ3v) is 9.52. The standard InChI is InChI=1S/C37H47N11O12/c1-18(2)27(44-23(50)11-12-48-25(52)9-10-26(48)53)35(57)42-19(3)34(56)43-21-7-5-20(6-8-21)15-59-37(58)47(4)13-24(51)45-28-22(14-49)60-36(31(55)30(28)54)46-33-29-32(39-16-38-29)40-17-41-33/h5-10,16-19,22,27-28,30-31,36,49,54-55H,11-15H2,1-4H3,(H,42,57)(H,43,56)(H,44,50)(H,45,51)(H2,38,39,40,41,46)/t19-,22-,27-,28-,30+,31-,36+/m0/s1. The summed E-state index contributed by atoms with van der Waals surface area (Å²) < 4.78 is 11.1. The van der Waals surface area contributed by atoms with Crippen LogP contribution < -0.4 is 26.6 Å². The highest BCUT2D eigenvalue weighted by Crippen LogP contribution is 2.24. The largest absolute Gasteiger partial charge is 0.445 e. The van der Waals surface area contributed by atoms with Crippen molar-refractivity contribution in [2.24, 2.45) is 5.92 Å². The molecule has 7 atom stereocenters. The van der Waals surface area contributed by atoms with Crippen LogP contribution in [0.15, 0.2) is 49.1 Å². The number of benzene rings is 1. The van der Waals surface area contributed by atoms with Crippen LogP contribution in [0.4, 0.5) is 16.3 Å². The fourth-order valence-corrected chi connectivity index (χ4v) is 6.14. The maximum absolute atomic E-state index is 13.0. The van der Waals surface area contributed by atoms with Crippen LogP contribution in [0.1, 0.15) is 32.8 Å². The second kappa shape index (κ2) is 19.9. The summed E-state index contributed by atoms with van der Waals surface area (Å²) in [6.07, 6.45) is -1.80. The summed E-state index contributed by atoms with van der Waals surface area (Å²) in [4.78, 5) is 104. The van der Waals surface area contributed by atoms with Crippen LogP contribution in [-0.2, 0) is 44.8 Å². The van der Waals surface area contributed by atoms with Crippen LogP contribution in [0.3, 0.4) is 0 Å². The zero-order valence-electron chi connectivity index (χ0n) is 33.0. The van der Waals surface area contributed by atoms with E-state index in [1.807, 2.05) is 0 Å². The van der Waals surface area contributed by atoms with Gasteiger partial charge in [0.15, 0.2) is 17.7 Å². The number of hydrogen-bond donors (Lipinski definition) is 9. The molecule has 0 spiro atoms. The Morgan fingerprint density at radius 3 is 2.32 bits per heavy atom. The fraction of sp³-hybridized carbons (Fsp3) is 0.459. The number of anilines is 2. The highest BCUT2D eigenvalue weighted by Gasteiger charge is 2.45. The molecule has 5 rings (SSSR count). The Balaban J connectivity index is 1.03. The van der Waals surface area contributed by atoms with Gasteiger partial charge >= 0.3 is 6.09 Å². The maximum Gasteiger partial charge on any atom is 0.410 e. The molecule has 2 aliphatic rings. The van der Waals surface area contributed by atoms with Crippen molar-refractivity contribution < 1.29 is 58.4 Å². The van der Waals surface area contributed by atoms with Gasteiger partial charge in [-0.3, -0.25) is 33.7 Å². The molecule has 23 nitrogen and oxygen atoms in total. The van der Waals surface area contributed by atoms with Gasteiger partial charge in [-0.2, -0.15) is 0 Å². The number of nitrogens with zero attached hydrogens (tertiary/aromatic N) is 5. The highest BCUT2D eigenvalue weighted by atomic mass is 16.6. The molecular weight excluding hydrogens is 790 g/mol. The number of likely N-dealkylation sites (N-methyl/N-ethyl adjacent to an activating group) is 1. The molecular formula is C37H47N11O12. The van der Waals surface area contributed by atoms with Gasteiger partial charge in [0.2, 0.25) is 23.6 Å². The lowest BCUT2D eigenvalue weighted by atomic mass is 9.95. The highest BCUT2D eigenvalue weighted by molar-refractivity contribution is 6.13. The smallest absolute Gasteiger partial charge is 0.410 e. The average molecular weight is 838 g/mol. The number of fused-ring (bicyclic) bond motifs is 1. The van der Waals surface area contributed by atoms with Crippen molar-refractivity contribution in [3.8, 4) is 0 Å². The lowest BCUT2D eigenvalue weighted by molar-refractivity contribution is -0.185. The Bertz CT molecular complexity index is 2070. The molecule has 9 N–H and O–H groups in total. The van der Waals surface area contributed by atoms with Gasteiger partial charge in [-0.05, 0) is 30.5 Å². The topological polar surface area (TPSA) is 320 Å². The molecule has 0 saturated carbocycles. The molecule has 0 aliphatic carbocycles. The van der Waals surface area contributed by atoms with E-state index in [2.05, 4.69) is 46.5 Å². The van der Waals surface area contributed by atoms with Gasteiger partial charge in [-0.15, -0.1) is 0 Å². The van der Waals surface area contributed by atoms with E-state index in [0.717, 1.165) is 22.0 Å². The molecule has 1 fully saturated rings. The van der Waals surface area contributed by atoms with Crippen molar-refractivity contribution in [3.05, 3.63) is 54.6 Å². The molecule has 2 aromatic heterocycles. The Morgan fingerprint density at radius 2 is 1.65 bits per heavy atom. The van der Waals surface area contributed by atoms with Crippen molar-refractivity contribution in [1.29, 1.82) is 0 Å². The first-order chi connectivity index (χ1) is 28.6.